The average Bonchev–Trinajstić information content (AvgIpc) is 2.97. The van der Waals surface area contributed by atoms with Crippen molar-refractivity contribution in [3.05, 3.63) is 0 Å². The van der Waals surface area contributed by atoms with E-state index in [1.165, 1.54) is 4.90 Å². The molecule has 3 amide bonds. The third kappa shape index (κ3) is 1.64. The van der Waals surface area contributed by atoms with Crippen molar-refractivity contribution >= 4 is 11.9 Å². The lowest BCUT2D eigenvalue weighted by Gasteiger charge is -2.40. The molecule has 3 fully saturated rings. The van der Waals surface area contributed by atoms with Gasteiger partial charge in [-0.05, 0) is 19.3 Å². The molecule has 1 unspecified atom stereocenters. The van der Waals surface area contributed by atoms with Crippen molar-refractivity contribution in [2.75, 3.05) is 19.8 Å². The van der Waals surface area contributed by atoms with Gasteiger partial charge in [0.25, 0.3) is 0 Å². The quantitative estimate of drug-likeness (QED) is 0.738. The summed E-state index contributed by atoms with van der Waals surface area (Å²) < 4.78 is 5.28. The van der Waals surface area contributed by atoms with Gasteiger partial charge in [-0.25, -0.2) is 4.79 Å². The number of nitrogens with one attached hydrogen (secondary N) is 1. The fraction of sp³-hybridized carbons (Fsp3) is 0.833. The van der Waals surface area contributed by atoms with Crippen LogP contribution in [0.1, 0.15) is 32.1 Å². The van der Waals surface area contributed by atoms with Gasteiger partial charge >= 0.3 is 6.03 Å². The van der Waals surface area contributed by atoms with Crippen LogP contribution in [-0.2, 0) is 9.53 Å². The number of hydrogen-bond acceptors (Lipinski definition) is 3. The third-order valence-corrected chi connectivity index (χ3v) is 4.30. The van der Waals surface area contributed by atoms with Crippen LogP contribution in [0.25, 0.3) is 0 Å². The maximum atomic E-state index is 12.6. The van der Waals surface area contributed by atoms with Crippen LogP contribution in [0.4, 0.5) is 4.79 Å². The standard InChI is InChI=1S/C12H18N2O3/c15-10-12(4-1-2-5-12)8-13-11(16)14(10)9-3-6-17-7-9/h9H,1-8H2,(H,13,16). The molecule has 1 saturated carbocycles. The van der Waals surface area contributed by atoms with E-state index < -0.39 is 0 Å². The molecule has 2 aliphatic heterocycles. The maximum Gasteiger partial charge on any atom is 0.324 e. The largest absolute Gasteiger partial charge is 0.379 e. The van der Waals surface area contributed by atoms with E-state index in [0.717, 1.165) is 32.1 Å². The predicted molar refractivity (Wildman–Crippen MR) is 60.4 cm³/mol. The molecule has 94 valence electrons. The van der Waals surface area contributed by atoms with Crippen LogP contribution in [0.15, 0.2) is 0 Å². The Balaban J connectivity index is 1.84. The summed E-state index contributed by atoms with van der Waals surface area (Å²) in [7, 11) is 0. The fourth-order valence-corrected chi connectivity index (χ4v) is 3.25. The van der Waals surface area contributed by atoms with Crippen LogP contribution in [0, 0.1) is 5.41 Å². The van der Waals surface area contributed by atoms with E-state index in [0.29, 0.717) is 19.8 Å². The smallest absolute Gasteiger partial charge is 0.324 e. The first kappa shape index (κ1) is 11.0. The van der Waals surface area contributed by atoms with Crippen molar-refractivity contribution in [1.82, 2.24) is 10.2 Å². The van der Waals surface area contributed by atoms with E-state index in [1.807, 2.05) is 0 Å². The summed E-state index contributed by atoms with van der Waals surface area (Å²) in [6, 6.07) is -0.289. The zero-order chi connectivity index (χ0) is 11.9. The molecule has 5 nitrogen and oxygen atoms in total. The molecule has 0 bridgehead atoms. The highest BCUT2D eigenvalue weighted by Crippen LogP contribution is 2.41. The number of amides is 3. The van der Waals surface area contributed by atoms with E-state index in [4.69, 9.17) is 4.74 Å². The van der Waals surface area contributed by atoms with Gasteiger partial charge in [0.05, 0.1) is 18.1 Å². The lowest BCUT2D eigenvalue weighted by molar-refractivity contribution is -0.142. The number of rotatable bonds is 1. The minimum absolute atomic E-state index is 0.0363. The first-order chi connectivity index (χ1) is 8.23. The Labute approximate surface area is 100 Å². The Kier molecular flexibility index (Phi) is 2.58. The highest BCUT2D eigenvalue weighted by atomic mass is 16.5. The summed E-state index contributed by atoms with van der Waals surface area (Å²) in [6.07, 6.45) is 4.79. The Morgan fingerprint density at radius 3 is 2.71 bits per heavy atom. The maximum absolute atomic E-state index is 12.6. The molecule has 0 radical (unpaired) electrons. The lowest BCUT2D eigenvalue weighted by atomic mass is 9.82. The van der Waals surface area contributed by atoms with Gasteiger partial charge in [0.15, 0.2) is 0 Å². The van der Waals surface area contributed by atoms with E-state index in [1.54, 1.807) is 0 Å². The number of carbonyl (C=O) groups excluding carboxylic acids is 2. The van der Waals surface area contributed by atoms with Gasteiger partial charge in [-0.3, -0.25) is 9.69 Å². The number of urea groups is 1. The monoisotopic (exact) mass is 238 g/mol. The van der Waals surface area contributed by atoms with Crippen molar-refractivity contribution in [2.45, 2.75) is 38.1 Å². The Bertz CT molecular complexity index is 344. The summed E-state index contributed by atoms with van der Waals surface area (Å²) >= 11 is 0. The van der Waals surface area contributed by atoms with Gasteiger partial charge in [0.2, 0.25) is 5.91 Å². The van der Waals surface area contributed by atoms with E-state index in [2.05, 4.69) is 5.32 Å². The first-order valence-corrected chi connectivity index (χ1v) is 6.42. The predicted octanol–water partition coefficient (Wildman–Crippen LogP) is 0.887. The summed E-state index contributed by atoms with van der Waals surface area (Å²) in [5, 5.41) is 2.88. The molecule has 3 rings (SSSR count). The highest BCUT2D eigenvalue weighted by Gasteiger charge is 2.50. The molecular formula is C12H18N2O3. The molecule has 0 aromatic rings. The van der Waals surface area contributed by atoms with Crippen molar-refractivity contribution in [1.29, 1.82) is 0 Å². The van der Waals surface area contributed by atoms with Crippen LogP contribution in [-0.4, -0.2) is 42.6 Å². The summed E-state index contributed by atoms with van der Waals surface area (Å²) in [5.41, 5.74) is -0.309. The summed E-state index contributed by atoms with van der Waals surface area (Å²) in [4.78, 5) is 25.9. The zero-order valence-electron chi connectivity index (χ0n) is 9.91. The second-order valence-corrected chi connectivity index (χ2v) is 5.34. The molecular weight excluding hydrogens is 220 g/mol. The second kappa shape index (κ2) is 3.98. The number of carbonyl (C=O) groups is 2. The van der Waals surface area contributed by atoms with Gasteiger partial charge < -0.3 is 10.1 Å². The van der Waals surface area contributed by atoms with Crippen LogP contribution in [0.3, 0.4) is 0 Å². The van der Waals surface area contributed by atoms with Crippen molar-refractivity contribution in [2.24, 2.45) is 5.41 Å². The SMILES string of the molecule is O=C1NCC2(CCCC2)C(=O)N1C1CCOC1. The lowest BCUT2D eigenvalue weighted by Crippen LogP contribution is -2.62. The van der Waals surface area contributed by atoms with E-state index >= 15 is 0 Å². The number of hydrogen-bond donors (Lipinski definition) is 1. The molecule has 1 spiro atoms. The molecule has 1 N–H and O–H groups in total. The Morgan fingerprint density at radius 1 is 1.29 bits per heavy atom. The average molecular weight is 238 g/mol. The van der Waals surface area contributed by atoms with Gasteiger partial charge in [-0.2, -0.15) is 0 Å². The Morgan fingerprint density at radius 2 is 2.06 bits per heavy atom. The zero-order valence-corrected chi connectivity index (χ0v) is 9.91. The molecule has 2 heterocycles. The number of nitrogens with zero attached hydrogens (tertiary/aromatic N) is 1. The van der Waals surface area contributed by atoms with E-state index in [-0.39, 0.29) is 23.4 Å². The molecule has 0 aromatic heterocycles. The molecule has 3 aliphatic rings. The highest BCUT2D eigenvalue weighted by molar-refractivity contribution is 6.00. The molecule has 0 aromatic carbocycles. The second-order valence-electron chi connectivity index (χ2n) is 5.34. The van der Waals surface area contributed by atoms with Gasteiger partial charge in [-0.15, -0.1) is 0 Å². The van der Waals surface area contributed by atoms with Crippen LogP contribution >= 0.6 is 0 Å². The van der Waals surface area contributed by atoms with Gasteiger partial charge in [0.1, 0.15) is 0 Å². The minimum atomic E-state index is -0.309. The van der Waals surface area contributed by atoms with Crippen LogP contribution < -0.4 is 5.32 Å². The molecule has 5 heteroatoms. The van der Waals surface area contributed by atoms with Crippen molar-refractivity contribution in [3.8, 4) is 0 Å². The number of imide groups is 1. The molecule has 2 saturated heterocycles. The fourth-order valence-electron chi connectivity index (χ4n) is 3.25. The first-order valence-electron chi connectivity index (χ1n) is 6.42. The van der Waals surface area contributed by atoms with E-state index in [9.17, 15) is 9.59 Å². The van der Waals surface area contributed by atoms with Crippen molar-refractivity contribution in [3.63, 3.8) is 0 Å². The third-order valence-electron chi connectivity index (χ3n) is 4.30. The molecule has 1 atom stereocenters. The molecule has 1 aliphatic carbocycles. The Hall–Kier alpha value is -1.10. The number of ether oxygens (including phenoxy) is 1. The van der Waals surface area contributed by atoms with Gasteiger partial charge in [0, 0.05) is 13.2 Å². The topological polar surface area (TPSA) is 58.6 Å². The van der Waals surface area contributed by atoms with Crippen molar-refractivity contribution < 1.29 is 14.3 Å². The molecule has 17 heavy (non-hydrogen) atoms. The van der Waals surface area contributed by atoms with Crippen LogP contribution in [0.2, 0.25) is 0 Å². The minimum Gasteiger partial charge on any atom is -0.379 e. The normalized spacial score (nSPS) is 32.2. The summed E-state index contributed by atoms with van der Waals surface area (Å²) in [6.45, 7) is 1.67. The van der Waals surface area contributed by atoms with Gasteiger partial charge in [-0.1, -0.05) is 12.8 Å². The summed E-state index contributed by atoms with van der Waals surface area (Å²) in [5.74, 6) is 0.0363. The van der Waals surface area contributed by atoms with Crippen LogP contribution in [0.5, 0.6) is 0 Å².